The summed E-state index contributed by atoms with van der Waals surface area (Å²) < 4.78 is 16.0. The average molecular weight is 477 g/mol. The summed E-state index contributed by atoms with van der Waals surface area (Å²) in [6, 6.07) is 13.5. The summed E-state index contributed by atoms with van der Waals surface area (Å²) in [5.74, 6) is 2.92. The van der Waals surface area contributed by atoms with Crippen molar-refractivity contribution in [2.75, 3.05) is 0 Å². The molecule has 1 atom stereocenters. The molecule has 0 spiro atoms. The highest BCUT2D eigenvalue weighted by Crippen LogP contribution is 2.32. The van der Waals surface area contributed by atoms with Crippen LogP contribution in [0.2, 0.25) is 5.02 Å². The van der Waals surface area contributed by atoms with Gasteiger partial charge in [-0.25, -0.2) is 9.18 Å². The molecule has 4 aromatic rings. The molecule has 0 saturated carbocycles. The van der Waals surface area contributed by atoms with Crippen LogP contribution in [0, 0.1) is 24.6 Å². The summed E-state index contributed by atoms with van der Waals surface area (Å²) in [6.45, 7) is 3.27. The Labute approximate surface area is 199 Å². The Morgan fingerprint density at radius 2 is 1.91 bits per heavy atom. The topological polar surface area (TPSA) is 92.4 Å². The number of aromatic carboxylic acids is 1. The van der Waals surface area contributed by atoms with Crippen molar-refractivity contribution in [3.8, 4) is 23.1 Å². The number of aryl methyl sites for hydroxylation is 1. The number of carboxylic acid groups (broad SMARTS) is 1. The summed E-state index contributed by atoms with van der Waals surface area (Å²) in [6.07, 6.45) is -0.842. The minimum absolute atomic E-state index is 0.0419. The SMILES string of the molecule is Cc1cccc(Cl)c1C(=O)n1nc(-c2ccc(C(=O)O)cc2F)c2ccc(C#CC(C)O)cc21. The van der Waals surface area contributed by atoms with Crippen LogP contribution in [0.1, 0.15) is 38.8 Å². The Bertz CT molecular complexity index is 1510. The molecule has 34 heavy (non-hydrogen) atoms. The fourth-order valence-electron chi connectivity index (χ4n) is 3.58. The van der Waals surface area contributed by atoms with Crippen LogP contribution in [0.25, 0.3) is 22.2 Å². The van der Waals surface area contributed by atoms with E-state index in [0.717, 1.165) is 10.7 Å². The summed E-state index contributed by atoms with van der Waals surface area (Å²) in [4.78, 5) is 24.7. The maximum Gasteiger partial charge on any atom is 0.335 e. The average Bonchev–Trinajstić information content (AvgIpc) is 3.16. The molecule has 1 unspecified atom stereocenters. The molecular weight excluding hydrogens is 459 g/mol. The smallest absolute Gasteiger partial charge is 0.335 e. The number of fused-ring (bicyclic) bond motifs is 1. The molecule has 0 aliphatic rings. The third-order valence-corrected chi connectivity index (χ3v) is 5.52. The van der Waals surface area contributed by atoms with Crippen molar-refractivity contribution in [2.45, 2.75) is 20.0 Å². The van der Waals surface area contributed by atoms with Crippen LogP contribution in [0.15, 0.2) is 54.6 Å². The van der Waals surface area contributed by atoms with Gasteiger partial charge >= 0.3 is 5.97 Å². The molecule has 0 amide bonds. The largest absolute Gasteiger partial charge is 0.478 e. The molecular formula is C26H18ClFN2O4. The fourth-order valence-corrected chi connectivity index (χ4v) is 3.89. The van der Waals surface area contributed by atoms with Crippen LogP contribution in [-0.4, -0.2) is 38.0 Å². The zero-order valence-electron chi connectivity index (χ0n) is 18.1. The highest BCUT2D eigenvalue weighted by molar-refractivity contribution is 6.34. The summed E-state index contributed by atoms with van der Waals surface area (Å²) in [7, 11) is 0. The number of hydrogen-bond donors (Lipinski definition) is 2. The van der Waals surface area contributed by atoms with Gasteiger partial charge in [-0.05, 0) is 61.9 Å². The van der Waals surface area contributed by atoms with Crippen molar-refractivity contribution in [1.82, 2.24) is 9.78 Å². The van der Waals surface area contributed by atoms with Crippen molar-refractivity contribution in [2.24, 2.45) is 0 Å². The van der Waals surface area contributed by atoms with E-state index < -0.39 is 23.8 Å². The van der Waals surface area contributed by atoms with E-state index >= 15 is 0 Å². The van der Waals surface area contributed by atoms with Crippen LogP contribution in [-0.2, 0) is 0 Å². The number of halogens is 2. The lowest BCUT2D eigenvalue weighted by Crippen LogP contribution is -2.15. The normalized spacial score (nSPS) is 11.7. The molecule has 3 aromatic carbocycles. The second-order valence-electron chi connectivity index (χ2n) is 7.67. The van der Waals surface area contributed by atoms with Crippen LogP contribution in [0.4, 0.5) is 4.39 Å². The molecule has 8 heteroatoms. The highest BCUT2D eigenvalue weighted by atomic mass is 35.5. The number of nitrogens with zero attached hydrogens (tertiary/aromatic N) is 2. The number of aromatic nitrogens is 2. The van der Waals surface area contributed by atoms with Gasteiger partial charge in [0.15, 0.2) is 0 Å². The van der Waals surface area contributed by atoms with Crippen molar-refractivity contribution in [3.63, 3.8) is 0 Å². The maximum atomic E-state index is 14.9. The predicted octanol–water partition coefficient (Wildman–Crippen LogP) is 4.92. The summed E-state index contributed by atoms with van der Waals surface area (Å²) >= 11 is 6.31. The van der Waals surface area contributed by atoms with Gasteiger partial charge in [0.1, 0.15) is 17.6 Å². The maximum absolute atomic E-state index is 14.9. The monoisotopic (exact) mass is 476 g/mol. The number of carboxylic acids is 1. The Balaban J connectivity index is 1.98. The third-order valence-electron chi connectivity index (χ3n) is 5.21. The Hall–Kier alpha value is -3.99. The van der Waals surface area contributed by atoms with Crippen molar-refractivity contribution >= 4 is 34.4 Å². The van der Waals surface area contributed by atoms with Crippen molar-refractivity contribution < 1.29 is 24.2 Å². The predicted molar refractivity (Wildman–Crippen MR) is 127 cm³/mol. The molecule has 0 aliphatic heterocycles. The molecule has 0 bridgehead atoms. The molecule has 0 aliphatic carbocycles. The lowest BCUT2D eigenvalue weighted by molar-refractivity contribution is 0.0696. The van der Waals surface area contributed by atoms with Gasteiger partial charge in [-0.15, -0.1) is 0 Å². The van der Waals surface area contributed by atoms with E-state index in [-0.39, 0.29) is 27.4 Å². The minimum atomic E-state index is -1.26. The van der Waals surface area contributed by atoms with Crippen LogP contribution >= 0.6 is 11.6 Å². The number of aliphatic hydroxyl groups is 1. The summed E-state index contributed by atoms with van der Waals surface area (Å²) in [5, 5.41) is 23.7. The third kappa shape index (κ3) is 4.29. The second kappa shape index (κ2) is 9.10. The fraction of sp³-hybridized carbons (Fsp3) is 0.115. The van der Waals surface area contributed by atoms with E-state index in [4.69, 9.17) is 16.7 Å². The number of carbonyl (C=O) groups excluding carboxylic acids is 1. The first kappa shape index (κ1) is 23.2. The number of aliphatic hydroxyl groups excluding tert-OH is 1. The van der Waals surface area contributed by atoms with Gasteiger partial charge in [0.2, 0.25) is 0 Å². The first-order valence-electron chi connectivity index (χ1n) is 10.2. The van der Waals surface area contributed by atoms with E-state index in [1.165, 1.54) is 19.1 Å². The molecule has 0 saturated heterocycles. The molecule has 2 N–H and O–H groups in total. The number of rotatable bonds is 3. The molecule has 4 rings (SSSR count). The van der Waals surface area contributed by atoms with E-state index in [1.54, 1.807) is 43.3 Å². The lowest BCUT2D eigenvalue weighted by atomic mass is 10.0. The zero-order chi connectivity index (χ0) is 24.6. The van der Waals surface area contributed by atoms with E-state index in [2.05, 4.69) is 16.9 Å². The zero-order valence-corrected chi connectivity index (χ0v) is 18.9. The van der Waals surface area contributed by atoms with E-state index in [9.17, 15) is 19.1 Å². The molecule has 0 radical (unpaired) electrons. The molecule has 6 nitrogen and oxygen atoms in total. The van der Waals surface area contributed by atoms with Crippen LogP contribution < -0.4 is 0 Å². The minimum Gasteiger partial charge on any atom is -0.478 e. The van der Waals surface area contributed by atoms with Gasteiger partial charge in [-0.1, -0.05) is 35.6 Å². The molecule has 1 heterocycles. The second-order valence-corrected chi connectivity index (χ2v) is 8.08. The Morgan fingerprint density at radius 3 is 2.56 bits per heavy atom. The van der Waals surface area contributed by atoms with Crippen molar-refractivity contribution in [3.05, 3.63) is 87.7 Å². The Morgan fingerprint density at radius 1 is 1.15 bits per heavy atom. The van der Waals surface area contributed by atoms with Gasteiger partial charge in [-0.2, -0.15) is 9.78 Å². The first-order chi connectivity index (χ1) is 16.2. The molecule has 0 fully saturated rings. The van der Waals surface area contributed by atoms with E-state index in [0.29, 0.717) is 22.0 Å². The van der Waals surface area contributed by atoms with Crippen LogP contribution in [0.5, 0.6) is 0 Å². The molecule has 1 aromatic heterocycles. The van der Waals surface area contributed by atoms with Gasteiger partial charge in [0.05, 0.1) is 21.7 Å². The van der Waals surface area contributed by atoms with E-state index in [1.807, 2.05) is 0 Å². The Kier molecular flexibility index (Phi) is 6.20. The van der Waals surface area contributed by atoms with Crippen molar-refractivity contribution in [1.29, 1.82) is 0 Å². The van der Waals surface area contributed by atoms with Gasteiger partial charge in [-0.3, -0.25) is 4.79 Å². The number of benzene rings is 3. The van der Waals surface area contributed by atoms with Gasteiger partial charge in [0.25, 0.3) is 5.91 Å². The van der Waals surface area contributed by atoms with Crippen LogP contribution in [0.3, 0.4) is 0 Å². The number of carbonyl (C=O) groups is 2. The quantitative estimate of drug-likeness (QED) is 0.409. The van der Waals surface area contributed by atoms with Gasteiger partial charge in [0, 0.05) is 16.5 Å². The standard InChI is InChI=1S/C26H18ClFN2O4/c1-14-4-3-5-20(27)23(14)25(32)30-22-12-16(7-6-15(2)31)8-10-19(22)24(29-30)18-11-9-17(26(33)34)13-21(18)28/h3-5,8-13,15,31H,1-2H3,(H,33,34). The molecule has 170 valence electrons. The first-order valence-corrected chi connectivity index (χ1v) is 10.6. The summed E-state index contributed by atoms with van der Waals surface area (Å²) in [5.41, 5.74) is 1.78. The lowest BCUT2D eigenvalue weighted by Gasteiger charge is -2.08. The highest BCUT2D eigenvalue weighted by Gasteiger charge is 2.23. The van der Waals surface area contributed by atoms with Gasteiger partial charge < -0.3 is 10.2 Å². The number of hydrogen-bond acceptors (Lipinski definition) is 4.